The molecule has 1 N–H and O–H groups in total. The second-order valence-corrected chi connectivity index (χ2v) is 7.29. The SMILES string of the molecule is O=C(Nc1cccc(F)c1)C1CC12CCN(C(=O)COc1ccccc1)C2. The molecule has 2 atom stereocenters. The Balaban J connectivity index is 1.29. The van der Waals surface area contributed by atoms with Gasteiger partial charge in [0.25, 0.3) is 5.91 Å². The van der Waals surface area contributed by atoms with Crippen molar-refractivity contribution < 1.29 is 18.7 Å². The number of carbonyl (C=O) groups excluding carboxylic acids is 2. The summed E-state index contributed by atoms with van der Waals surface area (Å²) >= 11 is 0. The number of para-hydroxylation sites is 1. The van der Waals surface area contributed by atoms with Gasteiger partial charge in [-0.2, -0.15) is 0 Å². The highest BCUT2D eigenvalue weighted by Gasteiger charge is 2.61. The molecule has 2 aromatic rings. The van der Waals surface area contributed by atoms with Crippen LogP contribution in [-0.2, 0) is 9.59 Å². The van der Waals surface area contributed by atoms with Crippen molar-refractivity contribution in [1.29, 1.82) is 0 Å². The van der Waals surface area contributed by atoms with Crippen LogP contribution in [-0.4, -0.2) is 36.4 Å². The first kappa shape index (κ1) is 17.5. The predicted octanol–water partition coefficient (Wildman–Crippen LogP) is 3.08. The van der Waals surface area contributed by atoms with Crippen LogP contribution in [0.2, 0.25) is 0 Å². The molecule has 1 saturated carbocycles. The van der Waals surface area contributed by atoms with Crippen molar-refractivity contribution in [2.24, 2.45) is 11.3 Å². The lowest BCUT2D eigenvalue weighted by Gasteiger charge is -2.17. The number of hydrogen-bond acceptors (Lipinski definition) is 3. The highest BCUT2D eigenvalue weighted by atomic mass is 19.1. The van der Waals surface area contributed by atoms with Crippen LogP contribution in [0.4, 0.5) is 10.1 Å². The van der Waals surface area contributed by atoms with E-state index in [-0.39, 0.29) is 35.6 Å². The lowest BCUT2D eigenvalue weighted by molar-refractivity contribution is -0.132. The van der Waals surface area contributed by atoms with Gasteiger partial charge in [0.15, 0.2) is 6.61 Å². The molecule has 1 aliphatic heterocycles. The Morgan fingerprint density at radius 2 is 2.00 bits per heavy atom. The van der Waals surface area contributed by atoms with Crippen LogP contribution in [0.5, 0.6) is 5.75 Å². The molecule has 6 heteroatoms. The van der Waals surface area contributed by atoms with Gasteiger partial charge in [-0.05, 0) is 43.2 Å². The molecule has 0 aromatic heterocycles. The molecular formula is C21H21FN2O3. The normalized spacial score (nSPS) is 23.3. The van der Waals surface area contributed by atoms with Crippen LogP contribution in [0, 0.1) is 17.2 Å². The average Bonchev–Trinajstić information content (AvgIpc) is 3.21. The molecule has 2 unspecified atom stereocenters. The van der Waals surface area contributed by atoms with Crippen molar-refractivity contribution in [1.82, 2.24) is 4.90 Å². The largest absolute Gasteiger partial charge is 0.484 e. The van der Waals surface area contributed by atoms with Gasteiger partial charge in [-0.3, -0.25) is 9.59 Å². The minimum Gasteiger partial charge on any atom is -0.484 e. The molecule has 1 aliphatic carbocycles. The van der Waals surface area contributed by atoms with Crippen LogP contribution in [0.1, 0.15) is 12.8 Å². The molecule has 2 amide bonds. The number of hydrogen-bond donors (Lipinski definition) is 1. The Kier molecular flexibility index (Phi) is 4.56. The number of carbonyl (C=O) groups is 2. The Bertz CT molecular complexity index is 858. The fourth-order valence-electron chi connectivity index (χ4n) is 3.83. The fourth-order valence-corrected chi connectivity index (χ4v) is 3.83. The van der Waals surface area contributed by atoms with Crippen LogP contribution >= 0.6 is 0 Å². The zero-order chi connectivity index (χ0) is 18.9. The summed E-state index contributed by atoms with van der Waals surface area (Å²) in [5.74, 6) is -0.0103. The number of likely N-dealkylation sites (tertiary alicyclic amines) is 1. The first-order chi connectivity index (χ1) is 13.1. The molecule has 2 aromatic carbocycles. The second kappa shape index (κ2) is 7.02. The van der Waals surface area contributed by atoms with Gasteiger partial charge < -0.3 is 15.0 Å². The van der Waals surface area contributed by atoms with Crippen molar-refractivity contribution in [3.8, 4) is 5.75 Å². The summed E-state index contributed by atoms with van der Waals surface area (Å²) in [5.41, 5.74) is 0.323. The quantitative estimate of drug-likeness (QED) is 0.882. The predicted molar refractivity (Wildman–Crippen MR) is 98.7 cm³/mol. The van der Waals surface area contributed by atoms with Crippen LogP contribution < -0.4 is 10.1 Å². The van der Waals surface area contributed by atoms with Crippen LogP contribution in [0.3, 0.4) is 0 Å². The summed E-state index contributed by atoms with van der Waals surface area (Å²) in [5, 5.41) is 2.78. The summed E-state index contributed by atoms with van der Waals surface area (Å²) in [7, 11) is 0. The van der Waals surface area contributed by atoms with E-state index in [0.717, 1.165) is 12.8 Å². The summed E-state index contributed by atoms with van der Waals surface area (Å²) in [6.45, 7) is 1.21. The minimum absolute atomic E-state index is 0.000247. The molecule has 0 radical (unpaired) electrons. The lowest BCUT2D eigenvalue weighted by atomic mass is 10.0. The van der Waals surface area contributed by atoms with Crippen LogP contribution in [0.25, 0.3) is 0 Å². The number of rotatable bonds is 5. The Hall–Kier alpha value is -2.89. The van der Waals surface area contributed by atoms with Gasteiger partial charge in [0.2, 0.25) is 5.91 Å². The van der Waals surface area contributed by atoms with E-state index in [1.165, 1.54) is 12.1 Å². The minimum atomic E-state index is -0.380. The first-order valence-electron chi connectivity index (χ1n) is 9.08. The van der Waals surface area contributed by atoms with E-state index in [1.807, 2.05) is 30.3 Å². The molecule has 2 aliphatic rings. The van der Waals surface area contributed by atoms with E-state index >= 15 is 0 Å². The first-order valence-corrected chi connectivity index (χ1v) is 9.08. The molecule has 1 spiro atoms. The molecule has 27 heavy (non-hydrogen) atoms. The third-order valence-corrected chi connectivity index (χ3v) is 5.44. The number of ether oxygens (including phenoxy) is 1. The van der Waals surface area contributed by atoms with Crippen LogP contribution in [0.15, 0.2) is 54.6 Å². The third kappa shape index (κ3) is 3.79. The van der Waals surface area contributed by atoms with E-state index in [9.17, 15) is 14.0 Å². The average molecular weight is 368 g/mol. The molecule has 0 bridgehead atoms. The monoisotopic (exact) mass is 368 g/mol. The highest BCUT2D eigenvalue weighted by Crippen LogP contribution is 2.58. The third-order valence-electron chi connectivity index (χ3n) is 5.44. The molecular weight excluding hydrogens is 347 g/mol. The zero-order valence-corrected chi connectivity index (χ0v) is 14.9. The van der Waals surface area contributed by atoms with Gasteiger partial charge in [0.1, 0.15) is 11.6 Å². The second-order valence-electron chi connectivity index (χ2n) is 7.29. The zero-order valence-electron chi connectivity index (χ0n) is 14.9. The maximum atomic E-state index is 13.3. The van der Waals surface area contributed by atoms with Gasteiger partial charge in [-0.1, -0.05) is 24.3 Å². The van der Waals surface area contributed by atoms with Crippen molar-refractivity contribution in [2.75, 3.05) is 25.0 Å². The Morgan fingerprint density at radius 1 is 1.19 bits per heavy atom. The number of benzene rings is 2. The molecule has 1 heterocycles. The highest BCUT2D eigenvalue weighted by molar-refractivity contribution is 5.95. The standard InChI is InChI=1S/C21H21FN2O3/c22-15-5-4-6-16(11-15)23-20(26)18-12-21(18)9-10-24(14-21)19(25)13-27-17-7-2-1-3-8-17/h1-8,11,18H,9-10,12-14H2,(H,23,26). The van der Waals surface area contributed by atoms with E-state index in [4.69, 9.17) is 4.74 Å². The van der Waals surface area contributed by atoms with Crippen molar-refractivity contribution in [3.05, 3.63) is 60.4 Å². The lowest BCUT2D eigenvalue weighted by Crippen LogP contribution is -2.33. The maximum Gasteiger partial charge on any atom is 0.260 e. The van der Waals surface area contributed by atoms with Gasteiger partial charge in [0, 0.05) is 30.1 Å². The molecule has 5 nitrogen and oxygen atoms in total. The Labute approximate surface area is 157 Å². The van der Waals surface area contributed by atoms with E-state index < -0.39 is 0 Å². The summed E-state index contributed by atoms with van der Waals surface area (Å²) < 4.78 is 18.8. The topological polar surface area (TPSA) is 58.6 Å². The maximum absolute atomic E-state index is 13.3. The molecule has 4 rings (SSSR count). The van der Waals surface area contributed by atoms with Gasteiger partial charge in [-0.15, -0.1) is 0 Å². The number of amides is 2. The number of nitrogens with zero attached hydrogens (tertiary/aromatic N) is 1. The smallest absolute Gasteiger partial charge is 0.260 e. The molecule has 140 valence electrons. The number of nitrogens with one attached hydrogen (secondary N) is 1. The van der Waals surface area contributed by atoms with Crippen molar-refractivity contribution >= 4 is 17.5 Å². The summed E-state index contributed by atoms with van der Waals surface area (Å²) in [6.07, 6.45) is 1.57. The number of anilines is 1. The molecule has 2 fully saturated rings. The number of halogens is 1. The van der Waals surface area contributed by atoms with Crippen molar-refractivity contribution in [2.45, 2.75) is 12.8 Å². The summed E-state index contributed by atoms with van der Waals surface area (Å²) in [4.78, 5) is 26.6. The Morgan fingerprint density at radius 3 is 2.78 bits per heavy atom. The fraction of sp³-hybridized carbons (Fsp3) is 0.333. The van der Waals surface area contributed by atoms with E-state index in [2.05, 4.69) is 5.32 Å². The van der Waals surface area contributed by atoms with Gasteiger partial charge in [-0.25, -0.2) is 4.39 Å². The van der Waals surface area contributed by atoms with Gasteiger partial charge >= 0.3 is 0 Å². The van der Waals surface area contributed by atoms with E-state index in [0.29, 0.717) is 24.5 Å². The summed E-state index contributed by atoms with van der Waals surface area (Å²) in [6, 6.07) is 15.1. The van der Waals surface area contributed by atoms with Gasteiger partial charge in [0.05, 0.1) is 0 Å². The molecule has 1 saturated heterocycles. The van der Waals surface area contributed by atoms with Crippen molar-refractivity contribution in [3.63, 3.8) is 0 Å². The van der Waals surface area contributed by atoms with E-state index in [1.54, 1.807) is 17.0 Å².